The van der Waals surface area contributed by atoms with Gasteiger partial charge in [0.25, 0.3) is 0 Å². The minimum absolute atomic E-state index is 0.429. The molecule has 1 saturated heterocycles. The van der Waals surface area contributed by atoms with Gasteiger partial charge in [-0.3, -0.25) is 0 Å². The van der Waals surface area contributed by atoms with E-state index >= 15 is 0 Å². The quantitative estimate of drug-likeness (QED) is 0.866. The van der Waals surface area contributed by atoms with E-state index in [9.17, 15) is 10.1 Å². The van der Waals surface area contributed by atoms with Crippen LogP contribution in [0.15, 0.2) is 15.9 Å². The Hall–Kier alpha value is -1.06. The number of amides is 1. The van der Waals surface area contributed by atoms with Gasteiger partial charge in [0.15, 0.2) is 0 Å². The van der Waals surface area contributed by atoms with E-state index in [4.69, 9.17) is 5.11 Å². The molecule has 0 aromatic carbocycles. The van der Waals surface area contributed by atoms with Crippen LogP contribution in [0.3, 0.4) is 0 Å². The van der Waals surface area contributed by atoms with Gasteiger partial charge in [-0.2, -0.15) is 5.26 Å². The summed E-state index contributed by atoms with van der Waals surface area (Å²) in [6.45, 7) is 0.858. The highest BCUT2D eigenvalue weighted by Crippen LogP contribution is 2.40. The van der Waals surface area contributed by atoms with Crippen molar-refractivity contribution in [3.05, 3.63) is 20.8 Å². The van der Waals surface area contributed by atoms with Gasteiger partial charge in [-0.15, -0.1) is 11.3 Å². The molecule has 2 heterocycles. The third-order valence-electron chi connectivity index (χ3n) is 3.15. The van der Waals surface area contributed by atoms with Gasteiger partial charge in [0, 0.05) is 18.0 Å². The zero-order valence-electron chi connectivity index (χ0n) is 9.02. The van der Waals surface area contributed by atoms with E-state index < -0.39 is 11.5 Å². The molecule has 0 unspecified atom stereocenters. The monoisotopic (exact) mass is 314 g/mol. The van der Waals surface area contributed by atoms with Crippen LogP contribution < -0.4 is 0 Å². The van der Waals surface area contributed by atoms with Crippen molar-refractivity contribution in [1.82, 2.24) is 4.90 Å². The number of hydrogen-bond donors (Lipinski definition) is 1. The molecule has 0 atom stereocenters. The predicted molar refractivity (Wildman–Crippen MR) is 68.1 cm³/mol. The molecule has 17 heavy (non-hydrogen) atoms. The highest BCUT2D eigenvalue weighted by atomic mass is 79.9. The summed E-state index contributed by atoms with van der Waals surface area (Å²) in [4.78, 5) is 13.2. The summed E-state index contributed by atoms with van der Waals surface area (Å²) >= 11 is 4.95. The molecule has 90 valence electrons. The molecule has 1 aliphatic heterocycles. The Morgan fingerprint density at radius 1 is 1.53 bits per heavy atom. The van der Waals surface area contributed by atoms with Crippen molar-refractivity contribution in [1.29, 1.82) is 5.26 Å². The first-order valence-electron chi connectivity index (χ1n) is 5.22. The SMILES string of the molecule is N#CC1(c2ccc(Br)s2)CCN(C(=O)O)CC1. The molecule has 0 saturated carbocycles. The van der Waals surface area contributed by atoms with E-state index in [1.54, 1.807) is 11.3 Å². The van der Waals surface area contributed by atoms with Crippen LogP contribution in [0.25, 0.3) is 0 Å². The Kier molecular flexibility index (Phi) is 3.40. The van der Waals surface area contributed by atoms with Crippen molar-refractivity contribution in [3.8, 4) is 6.07 Å². The van der Waals surface area contributed by atoms with E-state index in [0.29, 0.717) is 25.9 Å². The second-order valence-corrected chi connectivity index (χ2v) is 6.53. The normalized spacial score (nSPS) is 18.7. The van der Waals surface area contributed by atoms with Gasteiger partial charge < -0.3 is 10.0 Å². The third-order valence-corrected chi connectivity index (χ3v) is 4.97. The Bertz CT molecular complexity index is 472. The van der Waals surface area contributed by atoms with Gasteiger partial charge in [0.2, 0.25) is 0 Å². The molecule has 0 aliphatic carbocycles. The molecule has 1 fully saturated rings. The van der Waals surface area contributed by atoms with Crippen molar-refractivity contribution < 1.29 is 9.90 Å². The predicted octanol–water partition coefficient (Wildman–Crippen LogP) is 3.05. The summed E-state index contributed by atoms with van der Waals surface area (Å²) in [6, 6.07) is 6.26. The molecule has 1 aromatic rings. The number of piperidine rings is 1. The molecule has 0 spiro atoms. The number of halogens is 1. The largest absolute Gasteiger partial charge is 0.465 e. The third kappa shape index (κ3) is 2.31. The van der Waals surface area contributed by atoms with Gasteiger partial charge in [-0.05, 0) is 40.9 Å². The number of nitrogens with zero attached hydrogens (tertiary/aromatic N) is 2. The Morgan fingerprint density at radius 2 is 2.18 bits per heavy atom. The molecular weight excluding hydrogens is 304 g/mol. The fourth-order valence-corrected chi connectivity index (χ4v) is 3.65. The van der Waals surface area contributed by atoms with Crippen LogP contribution in [-0.4, -0.2) is 29.2 Å². The van der Waals surface area contributed by atoms with E-state index in [0.717, 1.165) is 8.66 Å². The van der Waals surface area contributed by atoms with Crippen molar-refractivity contribution in [2.24, 2.45) is 0 Å². The maximum Gasteiger partial charge on any atom is 0.407 e. The van der Waals surface area contributed by atoms with E-state index in [1.807, 2.05) is 12.1 Å². The van der Waals surface area contributed by atoms with Gasteiger partial charge >= 0.3 is 6.09 Å². The molecule has 1 amide bonds. The fraction of sp³-hybridized carbons (Fsp3) is 0.455. The van der Waals surface area contributed by atoms with Crippen LogP contribution in [0.1, 0.15) is 17.7 Å². The topological polar surface area (TPSA) is 64.3 Å². The van der Waals surface area contributed by atoms with Gasteiger partial charge in [-0.1, -0.05) is 0 Å². The minimum Gasteiger partial charge on any atom is -0.465 e. The molecule has 6 heteroatoms. The highest BCUT2D eigenvalue weighted by Gasteiger charge is 2.38. The standard InChI is InChI=1S/C11H11BrN2O2S/c12-9-2-1-8(17-9)11(7-13)3-5-14(6-4-11)10(15)16/h1-2H,3-6H2,(H,15,16). The molecular formula is C11H11BrN2O2S. The molecule has 1 aromatic heterocycles. The molecule has 4 nitrogen and oxygen atoms in total. The van der Waals surface area contributed by atoms with Crippen LogP contribution in [0.2, 0.25) is 0 Å². The lowest BCUT2D eigenvalue weighted by Gasteiger charge is -2.35. The Morgan fingerprint density at radius 3 is 2.59 bits per heavy atom. The smallest absolute Gasteiger partial charge is 0.407 e. The lowest BCUT2D eigenvalue weighted by Crippen LogP contribution is -2.43. The van der Waals surface area contributed by atoms with Crippen LogP contribution in [0, 0.1) is 11.3 Å². The number of hydrogen-bond acceptors (Lipinski definition) is 3. The second-order valence-electron chi connectivity index (χ2n) is 4.07. The van der Waals surface area contributed by atoms with E-state index in [1.165, 1.54) is 4.90 Å². The zero-order valence-corrected chi connectivity index (χ0v) is 11.4. The number of rotatable bonds is 1. The van der Waals surface area contributed by atoms with Crippen LogP contribution in [0.4, 0.5) is 4.79 Å². The molecule has 0 bridgehead atoms. The van der Waals surface area contributed by atoms with Crippen molar-refractivity contribution in [3.63, 3.8) is 0 Å². The number of likely N-dealkylation sites (tertiary alicyclic amines) is 1. The summed E-state index contributed by atoms with van der Waals surface area (Å²) in [5.74, 6) is 0. The minimum atomic E-state index is -0.899. The average Bonchev–Trinajstić information content (AvgIpc) is 2.76. The summed E-state index contributed by atoms with van der Waals surface area (Å²) in [5, 5.41) is 18.3. The fourth-order valence-electron chi connectivity index (χ4n) is 2.06. The second kappa shape index (κ2) is 4.67. The Labute approximate surface area is 112 Å². The first-order valence-corrected chi connectivity index (χ1v) is 6.83. The highest BCUT2D eigenvalue weighted by molar-refractivity contribution is 9.11. The van der Waals surface area contributed by atoms with Crippen molar-refractivity contribution >= 4 is 33.4 Å². The molecule has 0 radical (unpaired) electrons. The van der Waals surface area contributed by atoms with E-state index in [2.05, 4.69) is 22.0 Å². The average molecular weight is 315 g/mol. The van der Waals surface area contributed by atoms with Crippen LogP contribution >= 0.6 is 27.3 Å². The first kappa shape index (κ1) is 12.4. The molecule has 1 N–H and O–H groups in total. The van der Waals surface area contributed by atoms with Crippen LogP contribution in [0.5, 0.6) is 0 Å². The number of carboxylic acid groups (broad SMARTS) is 1. The zero-order chi connectivity index (χ0) is 12.5. The van der Waals surface area contributed by atoms with Gasteiger partial charge in [0.1, 0.15) is 0 Å². The molecule has 2 rings (SSSR count). The Balaban J connectivity index is 2.19. The maximum atomic E-state index is 10.8. The molecule has 1 aliphatic rings. The summed E-state index contributed by atoms with van der Waals surface area (Å²) < 4.78 is 1.00. The first-order chi connectivity index (χ1) is 8.07. The van der Waals surface area contributed by atoms with Gasteiger partial charge in [0.05, 0.1) is 15.3 Å². The summed E-state index contributed by atoms with van der Waals surface area (Å²) in [7, 11) is 0. The summed E-state index contributed by atoms with van der Waals surface area (Å²) in [5.41, 5.74) is -0.511. The van der Waals surface area contributed by atoms with Crippen molar-refractivity contribution in [2.75, 3.05) is 13.1 Å². The lowest BCUT2D eigenvalue weighted by atomic mass is 9.78. The maximum absolute atomic E-state index is 10.8. The lowest BCUT2D eigenvalue weighted by molar-refractivity contribution is 0.125. The number of thiophene rings is 1. The van der Waals surface area contributed by atoms with Gasteiger partial charge in [-0.25, -0.2) is 4.79 Å². The van der Waals surface area contributed by atoms with E-state index in [-0.39, 0.29) is 0 Å². The number of carbonyl (C=O) groups is 1. The number of nitriles is 1. The summed E-state index contributed by atoms with van der Waals surface area (Å²) in [6.07, 6.45) is 0.245. The van der Waals surface area contributed by atoms with Crippen LogP contribution in [-0.2, 0) is 5.41 Å². The van der Waals surface area contributed by atoms with Crippen molar-refractivity contribution in [2.45, 2.75) is 18.3 Å².